The van der Waals surface area contributed by atoms with Gasteiger partial charge in [-0.15, -0.1) is 0 Å². The van der Waals surface area contributed by atoms with Crippen molar-refractivity contribution in [2.24, 2.45) is 0 Å². The molecule has 0 bridgehead atoms. The minimum absolute atomic E-state index is 0.302. The third kappa shape index (κ3) is 3.42. The first-order chi connectivity index (χ1) is 6.22. The van der Waals surface area contributed by atoms with Crippen molar-refractivity contribution in [3.05, 3.63) is 34.8 Å². The molecule has 0 amide bonds. The highest BCUT2D eigenvalue weighted by Gasteiger charge is 1.95. The fourth-order valence-corrected chi connectivity index (χ4v) is 1.19. The standard InChI is InChI=1S/C10H9BrO2/c1-8(12)13-10-4-2-9(3-5-10)6-7-11/h2-7H,1H3. The third-order valence-corrected chi connectivity index (χ3v) is 1.66. The van der Waals surface area contributed by atoms with E-state index in [9.17, 15) is 4.79 Å². The highest BCUT2D eigenvalue weighted by atomic mass is 79.9. The van der Waals surface area contributed by atoms with Crippen LogP contribution < -0.4 is 4.74 Å². The maximum Gasteiger partial charge on any atom is 0.308 e. The number of carbonyl (C=O) groups excluding carboxylic acids is 1. The molecule has 0 saturated carbocycles. The summed E-state index contributed by atoms with van der Waals surface area (Å²) in [5.74, 6) is 0.267. The second-order valence-corrected chi connectivity index (χ2v) is 2.98. The second-order valence-electron chi connectivity index (χ2n) is 2.46. The van der Waals surface area contributed by atoms with Crippen molar-refractivity contribution in [1.82, 2.24) is 0 Å². The van der Waals surface area contributed by atoms with E-state index < -0.39 is 0 Å². The molecular weight excluding hydrogens is 232 g/mol. The number of esters is 1. The van der Waals surface area contributed by atoms with E-state index in [-0.39, 0.29) is 5.97 Å². The third-order valence-electron chi connectivity index (χ3n) is 1.40. The summed E-state index contributed by atoms with van der Waals surface area (Å²) in [6, 6.07) is 7.25. The Morgan fingerprint density at radius 2 is 2.00 bits per heavy atom. The number of ether oxygens (including phenoxy) is 1. The van der Waals surface area contributed by atoms with Gasteiger partial charge in [-0.25, -0.2) is 0 Å². The van der Waals surface area contributed by atoms with Crippen LogP contribution in [0.15, 0.2) is 29.3 Å². The van der Waals surface area contributed by atoms with Gasteiger partial charge in [-0.1, -0.05) is 28.1 Å². The van der Waals surface area contributed by atoms with Gasteiger partial charge in [-0.3, -0.25) is 4.79 Å². The summed E-state index contributed by atoms with van der Waals surface area (Å²) in [5, 5.41) is 0. The highest BCUT2D eigenvalue weighted by Crippen LogP contribution is 2.13. The summed E-state index contributed by atoms with van der Waals surface area (Å²) in [6.07, 6.45) is 1.90. The van der Waals surface area contributed by atoms with Crippen LogP contribution in [0.4, 0.5) is 0 Å². The van der Waals surface area contributed by atoms with E-state index in [1.165, 1.54) is 6.92 Å². The van der Waals surface area contributed by atoms with Crippen LogP contribution in [0, 0.1) is 0 Å². The van der Waals surface area contributed by atoms with E-state index >= 15 is 0 Å². The zero-order chi connectivity index (χ0) is 9.68. The Labute approximate surface area is 85.3 Å². The van der Waals surface area contributed by atoms with Crippen molar-refractivity contribution >= 4 is 28.0 Å². The molecule has 0 aliphatic carbocycles. The zero-order valence-electron chi connectivity index (χ0n) is 7.16. The molecule has 0 unspecified atom stereocenters. The van der Waals surface area contributed by atoms with Crippen LogP contribution >= 0.6 is 15.9 Å². The van der Waals surface area contributed by atoms with Crippen molar-refractivity contribution in [2.45, 2.75) is 6.92 Å². The molecule has 2 nitrogen and oxygen atoms in total. The lowest BCUT2D eigenvalue weighted by Crippen LogP contribution is -2.00. The fourth-order valence-electron chi connectivity index (χ4n) is 0.886. The summed E-state index contributed by atoms with van der Waals surface area (Å²) in [6.45, 7) is 1.38. The van der Waals surface area contributed by atoms with Crippen molar-refractivity contribution in [1.29, 1.82) is 0 Å². The molecule has 0 saturated heterocycles. The van der Waals surface area contributed by atoms with Gasteiger partial charge in [-0.2, -0.15) is 0 Å². The van der Waals surface area contributed by atoms with E-state index in [2.05, 4.69) is 15.9 Å². The van der Waals surface area contributed by atoms with Gasteiger partial charge in [0.15, 0.2) is 0 Å². The first kappa shape index (κ1) is 9.99. The minimum Gasteiger partial charge on any atom is -0.427 e. The first-order valence-corrected chi connectivity index (χ1v) is 4.69. The minimum atomic E-state index is -0.302. The molecule has 68 valence electrons. The Balaban J connectivity index is 2.75. The van der Waals surface area contributed by atoms with Gasteiger partial charge < -0.3 is 4.74 Å². The van der Waals surface area contributed by atoms with Gasteiger partial charge in [0.05, 0.1) is 0 Å². The Hall–Kier alpha value is -1.09. The molecule has 13 heavy (non-hydrogen) atoms. The van der Waals surface area contributed by atoms with Crippen molar-refractivity contribution in [3.63, 3.8) is 0 Å². The number of benzene rings is 1. The lowest BCUT2D eigenvalue weighted by Gasteiger charge is -2.00. The van der Waals surface area contributed by atoms with Crippen LogP contribution in [-0.4, -0.2) is 5.97 Å². The maximum absolute atomic E-state index is 10.6. The molecule has 0 heterocycles. The first-order valence-electron chi connectivity index (χ1n) is 3.77. The van der Waals surface area contributed by atoms with Crippen LogP contribution in [0.5, 0.6) is 5.75 Å². The Bertz CT molecular complexity index is 314. The van der Waals surface area contributed by atoms with Crippen molar-refractivity contribution in [2.75, 3.05) is 0 Å². The van der Waals surface area contributed by atoms with Crippen LogP contribution in [0.25, 0.3) is 6.08 Å². The van der Waals surface area contributed by atoms with Crippen molar-refractivity contribution in [3.8, 4) is 5.75 Å². The van der Waals surface area contributed by atoms with Crippen LogP contribution in [0.1, 0.15) is 12.5 Å². The SMILES string of the molecule is CC(=O)Oc1ccc(C=CBr)cc1. The predicted molar refractivity (Wildman–Crippen MR) is 55.7 cm³/mol. The van der Waals surface area contributed by atoms with E-state index in [1.807, 2.05) is 18.2 Å². The summed E-state index contributed by atoms with van der Waals surface area (Å²) in [4.78, 5) is 12.4. The number of carbonyl (C=O) groups is 1. The van der Waals surface area contributed by atoms with E-state index in [1.54, 1.807) is 17.1 Å². The van der Waals surface area contributed by atoms with Crippen LogP contribution in [0.2, 0.25) is 0 Å². The number of hydrogen-bond acceptors (Lipinski definition) is 2. The van der Waals surface area contributed by atoms with Gasteiger partial charge in [0.25, 0.3) is 0 Å². The summed E-state index contributed by atoms with van der Waals surface area (Å²) < 4.78 is 4.87. The molecule has 0 fully saturated rings. The largest absolute Gasteiger partial charge is 0.427 e. The van der Waals surface area contributed by atoms with E-state index in [4.69, 9.17) is 4.74 Å². The smallest absolute Gasteiger partial charge is 0.308 e. The van der Waals surface area contributed by atoms with Gasteiger partial charge in [0, 0.05) is 6.92 Å². The van der Waals surface area contributed by atoms with Gasteiger partial charge in [0.1, 0.15) is 5.75 Å². The Morgan fingerprint density at radius 3 is 2.46 bits per heavy atom. The quantitative estimate of drug-likeness (QED) is 0.587. The van der Waals surface area contributed by atoms with Crippen LogP contribution in [0.3, 0.4) is 0 Å². The Kier molecular flexibility index (Phi) is 3.71. The lowest BCUT2D eigenvalue weighted by atomic mass is 10.2. The summed E-state index contributed by atoms with van der Waals surface area (Å²) >= 11 is 3.18. The fraction of sp³-hybridized carbons (Fsp3) is 0.100. The molecule has 1 aromatic carbocycles. The van der Waals surface area contributed by atoms with E-state index in [0.717, 1.165) is 5.56 Å². The average Bonchev–Trinajstić information content (AvgIpc) is 2.08. The summed E-state index contributed by atoms with van der Waals surface area (Å²) in [5.41, 5.74) is 1.05. The van der Waals surface area contributed by atoms with E-state index in [0.29, 0.717) is 5.75 Å². The van der Waals surface area contributed by atoms with Gasteiger partial charge in [0.2, 0.25) is 0 Å². The zero-order valence-corrected chi connectivity index (χ0v) is 8.74. The number of halogens is 1. The lowest BCUT2D eigenvalue weighted by molar-refractivity contribution is -0.131. The van der Waals surface area contributed by atoms with Crippen LogP contribution in [-0.2, 0) is 4.79 Å². The normalized spacial score (nSPS) is 10.3. The topological polar surface area (TPSA) is 26.3 Å². The summed E-state index contributed by atoms with van der Waals surface area (Å²) in [7, 11) is 0. The van der Waals surface area contributed by atoms with Crippen molar-refractivity contribution < 1.29 is 9.53 Å². The number of rotatable bonds is 2. The maximum atomic E-state index is 10.6. The molecule has 3 heteroatoms. The molecule has 0 atom stereocenters. The molecule has 0 N–H and O–H groups in total. The molecular formula is C10H9BrO2. The molecule has 0 radical (unpaired) electrons. The Morgan fingerprint density at radius 1 is 1.38 bits per heavy atom. The molecule has 0 aliphatic rings. The molecule has 1 rings (SSSR count). The average molecular weight is 241 g/mol. The predicted octanol–water partition coefficient (Wildman–Crippen LogP) is 2.98. The molecule has 0 aliphatic heterocycles. The number of hydrogen-bond donors (Lipinski definition) is 0. The highest BCUT2D eigenvalue weighted by molar-refractivity contribution is 9.11. The molecule has 1 aromatic rings. The van der Waals surface area contributed by atoms with Gasteiger partial charge >= 0.3 is 5.97 Å². The molecule has 0 aromatic heterocycles. The molecule has 0 spiro atoms. The van der Waals surface area contributed by atoms with Gasteiger partial charge in [-0.05, 0) is 28.8 Å². The monoisotopic (exact) mass is 240 g/mol. The second kappa shape index (κ2) is 4.82.